The second kappa shape index (κ2) is 4.42. The number of rotatable bonds is 2. The largest absolute Gasteiger partial charge is 0.298 e. The van der Waals surface area contributed by atoms with Crippen LogP contribution in [0.5, 0.6) is 0 Å². The summed E-state index contributed by atoms with van der Waals surface area (Å²) in [5, 5.41) is 0. The molecule has 0 aromatic heterocycles. The van der Waals surface area contributed by atoms with Crippen LogP contribution in [0.2, 0.25) is 0 Å². The second-order valence-electron chi connectivity index (χ2n) is 5.25. The molecule has 86 valence electrons. The molecule has 1 nitrogen and oxygen atoms in total. The number of thioether (sulfide) groups is 1. The van der Waals surface area contributed by atoms with Crippen molar-refractivity contribution in [2.45, 2.75) is 19.4 Å². The quantitative estimate of drug-likeness (QED) is 0.772. The Balaban J connectivity index is 1.62. The summed E-state index contributed by atoms with van der Waals surface area (Å²) in [6, 6.07) is 10.9. The molecular weight excluding hydrogens is 214 g/mol. The van der Waals surface area contributed by atoms with Gasteiger partial charge in [-0.2, -0.15) is 11.8 Å². The molecule has 1 aromatic carbocycles. The smallest absolute Gasteiger partial charge is 0.0233 e. The van der Waals surface area contributed by atoms with Crippen LogP contribution in [0, 0.1) is 5.41 Å². The van der Waals surface area contributed by atoms with Gasteiger partial charge in [-0.15, -0.1) is 0 Å². The third-order valence-corrected chi connectivity index (χ3v) is 5.26. The second-order valence-corrected chi connectivity index (χ2v) is 6.35. The molecule has 1 aromatic rings. The van der Waals surface area contributed by atoms with Crippen molar-refractivity contribution in [3.05, 3.63) is 35.9 Å². The fraction of sp³-hybridized carbons (Fsp3) is 0.571. The van der Waals surface area contributed by atoms with E-state index >= 15 is 0 Å². The van der Waals surface area contributed by atoms with Crippen molar-refractivity contribution in [2.24, 2.45) is 5.41 Å². The highest BCUT2D eigenvalue weighted by molar-refractivity contribution is 7.99. The van der Waals surface area contributed by atoms with Crippen LogP contribution < -0.4 is 0 Å². The lowest BCUT2D eigenvalue weighted by molar-refractivity contribution is 0.274. The van der Waals surface area contributed by atoms with Crippen molar-refractivity contribution in [1.29, 1.82) is 0 Å². The number of hydrogen-bond acceptors (Lipinski definition) is 2. The highest BCUT2D eigenvalue weighted by Gasteiger charge is 2.40. The Bertz CT molecular complexity index is 343. The van der Waals surface area contributed by atoms with E-state index in [1.807, 2.05) is 0 Å². The van der Waals surface area contributed by atoms with Crippen molar-refractivity contribution in [3.8, 4) is 0 Å². The molecule has 0 saturated carbocycles. The Morgan fingerprint density at radius 1 is 1.19 bits per heavy atom. The van der Waals surface area contributed by atoms with E-state index in [0.29, 0.717) is 5.41 Å². The SMILES string of the molecule is c1ccc(CN2CCC3(CCSC3)C2)cc1. The Morgan fingerprint density at radius 3 is 2.81 bits per heavy atom. The number of likely N-dealkylation sites (tertiary alicyclic amines) is 1. The third kappa shape index (κ3) is 2.14. The maximum absolute atomic E-state index is 2.64. The molecule has 0 bridgehead atoms. The zero-order valence-corrected chi connectivity index (χ0v) is 10.5. The zero-order valence-electron chi connectivity index (χ0n) is 9.69. The molecule has 0 N–H and O–H groups in total. The summed E-state index contributed by atoms with van der Waals surface area (Å²) in [6.45, 7) is 3.78. The average Bonchev–Trinajstić information content (AvgIpc) is 2.92. The monoisotopic (exact) mass is 233 g/mol. The molecule has 2 heteroatoms. The van der Waals surface area contributed by atoms with Gasteiger partial charge in [-0.05, 0) is 36.1 Å². The van der Waals surface area contributed by atoms with E-state index in [4.69, 9.17) is 0 Å². The third-order valence-electron chi connectivity index (χ3n) is 3.95. The molecule has 1 spiro atoms. The van der Waals surface area contributed by atoms with Crippen LogP contribution in [-0.4, -0.2) is 29.5 Å². The normalized spacial score (nSPS) is 30.2. The van der Waals surface area contributed by atoms with Gasteiger partial charge in [-0.1, -0.05) is 30.3 Å². The minimum absolute atomic E-state index is 0.680. The van der Waals surface area contributed by atoms with Gasteiger partial charge in [0.2, 0.25) is 0 Å². The van der Waals surface area contributed by atoms with Crippen LogP contribution >= 0.6 is 11.8 Å². The van der Waals surface area contributed by atoms with Gasteiger partial charge in [0.1, 0.15) is 0 Å². The van der Waals surface area contributed by atoms with Crippen molar-refractivity contribution >= 4 is 11.8 Å². The Labute approximate surface area is 102 Å². The molecule has 0 radical (unpaired) electrons. The zero-order chi connectivity index (χ0) is 10.8. The summed E-state index contributed by atoms with van der Waals surface area (Å²) >= 11 is 2.15. The number of nitrogens with zero attached hydrogens (tertiary/aromatic N) is 1. The lowest BCUT2D eigenvalue weighted by Crippen LogP contribution is -2.26. The van der Waals surface area contributed by atoms with E-state index in [-0.39, 0.29) is 0 Å². The summed E-state index contributed by atoms with van der Waals surface area (Å²) < 4.78 is 0. The van der Waals surface area contributed by atoms with E-state index in [9.17, 15) is 0 Å². The Kier molecular flexibility index (Phi) is 2.95. The summed E-state index contributed by atoms with van der Waals surface area (Å²) in [7, 11) is 0. The molecule has 2 heterocycles. The highest BCUT2D eigenvalue weighted by Crippen LogP contribution is 2.43. The topological polar surface area (TPSA) is 3.24 Å². The molecule has 0 aliphatic carbocycles. The van der Waals surface area contributed by atoms with E-state index in [1.54, 1.807) is 0 Å². The van der Waals surface area contributed by atoms with Crippen LogP contribution in [0.25, 0.3) is 0 Å². The van der Waals surface area contributed by atoms with Gasteiger partial charge in [-0.3, -0.25) is 4.90 Å². The molecule has 1 unspecified atom stereocenters. The molecule has 2 saturated heterocycles. The van der Waals surface area contributed by atoms with Crippen molar-refractivity contribution in [1.82, 2.24) is 4.90 Å². The maximum Gasteiger partial charge on any atom is 0.0233 e. The van der Waals surface area contributed by atoms with Gasteiger partial charge < -0.3 is 0 Å². The van der Waals surface area contributed by atoms with E-state index in [0.717, 1.165) is 6.54 Å². The Hall–Kier alpha value is -0.470. The van der Waals surface area contributed by atoms with Crippen molar-refractivity contribution in [2.75, 3.05) is 24.6 Å². The van der Waals surface area contributed by atoms with E-state index < -0.39 is 0 Å². The molecule has 0 amide bonds. The standard InChI is InChI=1S/C14H19NS/c1-2-4-13(5-3-1)10-15-8-6-14(11-15)7-9-16-12-14/h1-5H,6-12H2. The van der Waals surface area contributed by atoms with Gasteiger partial charge in [0.15, 0.2) is 0 Å². The lowest BCUT2D eigenvalue weighted by atomic mass is 9.87. The first kappa shape index (κ1) is 10.7. The summed E-state index contributed by atoms with van der Waals surface area (Å²) in [5.41, 5.74) is 2.14. The first-order valence-corrected chi connectivity index (χ1v) is 7.36. The first-order valence-electron chi connectivity index (χ1n) is 6.20. The predicted molar refractivity (Wildman–Crippen MR) is 70.7 cm³/mol. The molecule has 3 rings (SSSR count). The molecule has 2 aliphatic rings. The molecular formula is C14H19NS. The van der Waals surface area contributed by atoms with E-state index in [2.05, 4.69) is 47.0 Å². The minimum atomic E-state index is 0.680. The van der Waals surface area contributed by atoms with Gasteiger partial charge >= 0.3 is 0 Å². The fourth-order valence-electron chi connectivity index (χ4n) is 2.98. The van der Waals surface area contributed by atoms with Gasteiger partial charge in [0.05, 0.1) is 0 Å². The summed E-state index contributed by atoms with van der Waals surface area (Å²) in [5.74, 6) is 2.79. The van der Waals surface area contributed by atoms with Crippen LogP contribution in [-0.2, 0) is 6.54 Å². The molecule has 1 atom stereocenters. The average molecular weight is 233 g/mol. The summed E-state index contributed by atoms with van der Waals surface area (Å²) in [6.07, 6.45) is 2.87. The van der Waals surface area contributed by atoms with Gasteiger partial charge in [0.25, 0.3) is 0 Å². The predicted octanol–water partition coefficient (Wildman–Crippen LogP) is 3.02. The van der Waals surface area contributed by atoms with Crippen LogP contribution in [0.1, 0.15) is 18.4 Å². The molecule has 2 aliphatic heterocycles. The van der Waals surface area contributed by atoms with Crippen LogP contribution in [0.15, 0.2) is 30.3 Å². The number of hydrogen-bond donors (Lipinski definition) is 0. The van der Waals surface area contributed by atoms with Crippen LogP contribution in [0.3, 0.4) is 0 Å². The van der Waals surface area contributed by atoms with Crippen LogP contribution in [0.4, 0.5) is 0 Å². The van der Waals surface area contributed by atoms with Crippen molar-refractivity contribution in [3.63, 3.8) is 0 Å². The first-order chi connectivity index (χ1) is 7.86. The molecule has 2 fully saturated rings. The lowest BCUT2D eigenvalue weighted by Gasteiger charge is -2.22. The van der Waals surface area contributed by atoms with Gasteiger partial charge in [0, 0.05) is 18.8 Å². The molecule has 16 heavy (non-hydrogen) atoms. The van der Waals surface area contributed by atoms with Gasteiger partial charge in [-0.25, -0.2) is 0 Å². The van der Waals surface area contributed by atoms with Crippen molar-refractivity contribution < 1.29 is 0 Å². The highest BCUT2D eigenvalue weighted by atomic mass is 32.2. The summed E-state index contributed by atoms with van der Waals surface area (Å²) in [4.78, 5) is 2.64. The number of benzene rings is 1. The maximum atomic E-state index is 2.64. The minimum Gasteiger partial charge on any atom is -0.298 e. The fourth-order valence-corrected chi connectivity index (χ4v) is 4.51. The van der Waals surface area contributed by atoms with E-state index in [1.165, 1.54) is 43.0 Å². The Morgan fingerprint density at radius 2 is 2.06 bits per heavy atom.